The van der Waals surface area contributed by atoms with Gasteiger partial charge in [-0.2, -0.15) is 5.26 Å². The summed E-state index contributed by atoms with van der Waals surface area (Å²) in [5, 5.41) is 8.68. The zero-order valence-electron chi connectivity index (χ0n) is 13.4. The van der Waals surface area contributed by atoms with Crippen LogP contribution in [0.5, 0.6) is 0 Å². The molecular formula is C17H20FN4O2. The highest BCUT2D eigenvalue weighted by Crippen LogP contribution is 2.29. The third-order valence-electron chi connectivity index (χ3n) is 4.45. The Morgan fingerprint density at radius 3 is 2.75 bits per heavy atom. The molecule has 2 heterocycles. The number of cyclic esters (lactones) is 1. The summed E-state index contributed by atoms with van der Waals surface area (Å²) in [4.78, 5) is 18.1. The van der Waals surface area contributed by atoms with E-state index in [9.17, 15) is 9.18 Å². The van der Waals surface area contributed by atoms with Crippen LogP contribution in [0.1, 0.15) is 6.42 Å². The predicted molar refractivity (Wildman–Crippen MR) is 86.5 cm³/mol. The van der Waals surface area contributed by atoms with Gasteiger partial charge in [0.15, 0.2) is 0 Å². The van der Waals surface area contributed by atoms with Crippen LogP contribution in [0.15, 0.2) is 24.3 Å². The molecule has 2 saturated heterocycles. The molecule has 7 heteroatoms. The Bertz CT molecular complexity index is 640. The summed E-state index contributed by atoms with van der Waals surface area (Å²) in [6.45, 7) is 7.80. The molecule has 0 N–H and O–H groups in total. The third-order valence-corrected chi connectivity index (χ3v) is 4.45. The Morgan fingerprint density at radius 2 is 2.08 bits per heavy atom. The number of ether oxygens (including phenoxy) is 1. The van der Waals surface area contributed by atoms with Crippen molar-refractivity contribution in [1.29, 1.82) is 5.26 Å². The molecule has 1 radical (unpaired) electrons. The maximum absolute atomic E-state index is 13.5. The highest BCUT2D eigenvalue weighted by molar-refractivity contribution is 5.90. The van der Waals surface area contributed by atoms with E-state index in [0.29, 0.717) is 12.1 Å². The maximum Gasteiger partial charge on any atom is 0.416 e. The number of carbonyl (C=O) groups is 1. The Balaban J connectivity index is 1.73. The minimum atomic E-state index is -0.536. The van der Waals surface area contributed by atoms with Gasteiger partial charge in [-0.1, -0.05) is 6.07 Å². The molecule has 127 valence electrons. The highest BCUT2D eigenvalue weighted by Gasteiger charge is 2.44. The van der Waals surface area contributed by atoms with Gasteiger partial charge in [-0.3, -0.25) is 14.7 Å². The average molecular weight is 331 g/mol. The molecule has 2 aliphatic heterocycles. The van der Waals surface area contributed by atoms with Crippen molar-refractivity contribution in [1.82, 2.24) is 9.80 Å². The number of amides is 1. The van der Waals surface area contributed by atoms with Gasteiger partial charge in [-0.05, 0) is 25.1 Å². The molecule has 2 atom stereocenters. The number of hydrogen-bond donors (Lipinski definition) is 0. The molecule has 0 aromatic heterocycles. The van der Waals surface area contributed by atoms with Crippen molar-refractivity contribution in [3.05, 3.63) is 37.0 Å². The van der Waals surface area contributed by atoms with Gasteiger partial charge in [-0.15, -0.1) is 0 Å². The highest BCUT2D eigenvalue weighted by atomic mass is 19.1. The summed E-state index contributed by atoms with van der Waals surface area (Å²) < 4.78 is 18.8. The van der Waals surface area contributed by atoms with Gasteiger partial charge in [0.05, 0.1) is 11.8 Å². The molecule has 1 aromatic carbocycles. The Hall–Kier alpha value is -2.17. The lowest BCUT2D eigenvalue weighted by Gasteiger charge is -2.40. The van der Waals surface area contributed by atoms with Crippen LogP contribution >= 0.6 is 0 Å². The molecule has 2 unspecified atom stereocenters. The van der Waals surface area contributed by atoms with Crippen LogP contribution in [0.4, 0.5) is 14.9 Å². The van der Waals surface area contributed by atoms with E-state index in [2.05, 4.69) is 22.8 Å². The topological polar surface area (TPSA) is 59.8 Å². The predicted octanol–water partition coefficient (Wildman–Crippen LogP) is 1.84. The largest absolute Gasteiger partial charge is 0.442 e. The van der Waals surface area contributed by atoms with Gasteiger partial charge < -0.3 is 4.74 Å². The first-order valence-electron chi connectivity index (χ1n) is 8.02. The summed E-state index contributed by atoms with van der Waals surface area (Å²) in [5.41, 5.74) is 0.475. The number of nitriles is 1. The van der Waals surface area contributed by atoms with E-state index < -0.39 is 18.0 Å². The number of rotatable bonds is 4. The lowest BCUT2D eigenvalue weighted by molar-refractivity contribution is 0.0664. The van der Waals surface area contributed by atoms with Gasteiger partial charge in [0.2, 0.25) is 0 Å². The standard InChI is InChI=1S/C17H20FN4O2/c1-13-16(21-10-8-20(9-11-21)7-3-6-19)22(17(23)24-13)15-5-2-4-14(18)12-15/h2,4-5,12-13,16H,1,3,7-11H2. The number of halogens is 1. The van der Waals surface area contributed by atoms with Crippen LogP contribution in [-0.2, 0) is 4.74 Å². The van der Waals surface area contributed by atoms with E-state index >= 15 is 0 Å². The van der Waals surface area contributed by atoms with E-state index in [1.54, 1.807) is 12.1 Å². The monoisotopic (exact) mass is 331 g/mol. The quantitative estimate of drug-likeness (QED) is 0.843. The molecule has 6 nitrogen and oxygen atoms in total. The fourth-order valence-electron chi connectivity index (χ4n) is 3.26. The number of piperazine rings is 1. The first-order valence-corrected chi connectivity index (χ1v) is 8.02. The number of carbonyl (C=O) groups excluding carboxylic acids is 1. The molecule has 24 heavy (non-hydrogen) atoms. The zero-order valence-corrected chi connectivity index (χ0v) is 13.4. The van der Waals surface area contributed by atoms with Crippen LogP contribution in [0.2, 0.25) is 0 Å². The number of anilines is 1. The van der Waals surface area contributed by atoms with Crippen molar-refractivity contribution in [3.8, 4) is 6.07 Å². The maximum atomic E-state index is 13.5. The van der Waals surface area contributed by atoms with Crippen molar-refractivity contribution in [2.24, 2.45) is 0 Å². The minimum absolute atomic E-state index is 0.350. The Kier molecular flexibility index (Phi) is 4.97. The molecular weight excluding hydrogens is 311 g/mol. The average Bonchev–Trinajstić information content (AvgIpc) is 2.87. The van der Waals surface area contributed by atoms with Crippen molar-refractivity contribution in [2.75, 3.05) is 37.6 Å². The summed E-state index contributed by atoms with van der Waals surface area (Å²) in [6, 6.07) is 8.09. The number of benzene rings is 1. The molecule has 1 aromatic rings. The van der Waals surface area contributed by atoms with Gasteiger partial charge in [-0.25, -0.2) is 9.18 Å². The molecule has 0 aliphatic carbocycles. The first kappa shape index (κ1) is 16.7. The van der Waals surface area contributed by atoms with E-state index in [1.165, 1.54) is 17.0 Å². The number of hydrogen-bond acceptors (Lipinski definition) is 5. The SMILES string of the molecule is [CH2]C1OC(=O)N(c2cccc(F)c2)C1N1CCN(CCC#N)CC1. The molecule has 1 amide bonds. The zero-order chi connectivity index (χ0) is 17.1. The van der Waals surface area contributed by atoms with Gasteiger partial charge >= 0.3 is 6.09 Å². The second-order valence-corrected chi connectivity index (χ2v) is 5.97. The van der Waals surface area contributed by atoms with E-state index in [-0.39, 0.29) is 6.17 Å². The van der Waals surface area contributed by atoms with Crippen LogP contribution in [0.25, 0.3) is 0 Å². The normalized spacial score (nSPS) is 25.5. The fraction of sp³-hybridized carbons (Fsp3) is 0.471. The molecule has 2 aliphatic rings. The summed E-state index contributed by atoms with van der Waals surface area (Å²) >= 11 is 0. The van der Waals surface area contributed by atoms with E-state index in [0.717, 1.165) is 32.7 Å². The summed E-state index contributed by atoms with van der Waals surface area (Å²) in [7, 11) is 0. The van der Waals surface area contributed by atoms with Gasteiger partial charge in [0.25, 0.3) is 0 Å². The van der Waals surface area contributed by atoms with Crippen LogP contribution in [0.3, 0.4) is 0 Å². The van der Waals surface area contributed by atoms with Gasteiger partial charge in [0, 0.05) is 39.1 Å². The van der Waals surface area contributed by atoms with Crippen molar-refractivity contribution in [3.63, 3.8) is 0 Å². The van der Waals surface area contributed by atoms with Gasteiger partial charge in [0.1, 0.15) is 18.1 Å². The fourth-order valence-corrected chi connectivity index (χ4v) is 3.26. The van der Waals surface area contributed by atoms with Crippen molar-refractivity contribution in [2.45, 2.75) is 18.7 Å². The summed E-state index contributed by atoms with van der Waals surface area (Å²) in [6.07, 6.45) is -0.875. The molecule has 0 bridgehead atoms. The lowest BCUT2D eigenvalue weighted by Crippen LogP contribution is -2.57. The minimum Gasteiger partial charge on any atom is -0.442 e. The van der Waals surface area contributed by atoms with Crippen LogP contribution < -0.4 is 4.90 Å². The molecule has 2 fully saturated rings. The van der Waals surface area contributed by atoms with E-state index in [4.69, 9.17) is 10.00 Å². The molecule has 0 saturated carbocycles. The lowest BCUT2D eigenvalue weighted by atomic mass is 10.2. The second-order valence-electron chi connectivity index (χ2n) is 5.97. The number of nitrogens with zero attached hydrogens (tertiary/aromatic N) is 4. The second kappa shape index (κ2) is 7.16. The Labute approximate surface area is 141 Å². The molecule has 0 spiro atoms. The first-order chi connectivity index (χ1) is 11.6. The van der Waals surface area contributed by atoms with E-state index in [1.807, 2.05) is 0 Å². The van der Waals surface area contributed by atoms with Crippen molar-refractivity contribution < 1.29 is 13.9 Å². The molecule has 3 rings (SSSR count). The smallest absolute Gasteiger partial charge is 0.416 e. The van der Waals surface area contributed by atoms with Crippen molar-refractivity contribution >= 4 is 11.8 Å². The summed E-state index contributed by atoms with van der Waals surface area (Å²) in [5.74, 6) is -0.395. The third kappa shape index (κ3) is 3.35. The van der Waals surface area contributed by atoms with Crippen LogP contribution in [-0.4, -0.2) is 60.9 Å². The Morgan fingerprint density at radius 1 is 1.33 bits per heavy atom. The van der Waals surface area contributed by atoms with Crippen LogP contribution in [0, 0.1) is 24.1 Å².